The van der Waals surface area contributed by atoms with Crippen LogP contribution in [0.5, 0.6) is 0 Å². The van der Waals surface area contributed by atoms with Crippen molar-refractivity contribution in [3.63, 3.8) is 0 Å². The van der Waals surface area contributed by atoms with Crippen molar-refractivity contribution in [3.05, 3.63) is 29.3 Å². The monoisotopic (exact) mass is 344 g/mol. The average Bonchev–Trinajstić information content (AvgIpc) is 3.29. The topological polar surface area (TPSA) is 75.7 Å². The smallest absolute Gasteiger partial charge is 0.312 e. The predicted octanol–water partition coefficient (Wildman–Crippen LogP) is 1.87. The highest BCUT2D eigenvalue weighted by Gasteiger charge is 2.38. The zero-order valence-electron chi connectivity index (χ0n) is 14.9. The molecule has 2 amide bonds. The SMILES string of the molecule is Cc1cccc(N2C[C@H](C(=O)O[C@@H](C)C(=O)NC3CC3)CC2=O)c1C. The van der Waals surface area contributed by atoms with Gasteiger partial charge in [0.05, 0.1) is 5.92 Å². The lowest BCUT2D eigenvalue weighted by atomic mass is 10.1. The summed E-state index contributed by atoms with van der Waals surface area (Å²) >= 11 is 0. The predicted molar refractivity (Wildman–Crippen MR) is 93.1 cm³/mol. The van der Waals surface area contributed by atoms with Gasteiger partial charge in [0, 0.05) is 24.7 Å². The number of anilines is 1. The molecule has 134 valence electrons. The van der Waals surface area contributed by atoms with Crippen LogP contribution in [0.25, 0.3) is 0 Å². The standard InChI is InChI=1S/C19H24N2O4/c1-11-5-4-6-16(12(11)2)21-10-14(9-17(21)22)19(24)25-13(3)18(23)20-15-7-8-15/h4-6,13-15H,7-10H2,1-3H3,(H,20,23)/t13-,14+/m0/s1. The summed E-state index contributed by atoms with van der Waals surface area (Å²) in [5.74, 6) is -1.39. The van der Waals surface area contributed by atoms with Gasteiger partial charge in [-0.25, -0.2) is 0 Å². The van der Waals surface area contributed by atoms with Crippen LogP contribution in [-0.2, 0) is 19.1 Å². The highest BCUT2D eigenvalue weighted by molar-refractivity contribution is 6.00. The fraction of sp³-hybridized carbons (Fsp3) is 0.526. The zero-order chi connectivity index (χ0) is 18.1. The van der Waals surface area contributed by atoms with Crippen molar-refractivity contribution in [2.75, 3.05) is 11.4 Å². The van der Waals surface area contributed by atoms with Crippen molar-refractivity contribution >= 4 is 23.5 Å². The number of nitrogens with zero attached hydrogens (tertiary/aromatic N) is 1. The van der Waals surface area contributed by atoms with Gasteiger partial charge in [0.15, 0.2) is 6.10 Å². The van der Waals surface area contributed by atoms with Gasteiger partial charge in [-0.3, -0.25) is 14.4 Å². The number of ether oxygens (including phenoxy) is 1. The molecule has 1 aliphatic heterocycles. The van der Waals surface area contributed by atoms with Crippen molar-refractivity contribution < 1.29 is 19.1 Å². The first-order chi connectivity index (χ1) is 11.9. The maximum atomic E-state index is 12.4. The average molecular weight is 344 g/mol. The van der Waals surface area contributed by atoms with Gasteiger partial charge in [-0.05, 0) is 50.8 Å². The van der Waals surface area contributed by atoms with Gasteiger partial charge >= 0.3 is 5.97 Å². The summed E-state index contributed by atoms with van der Waals surface area (Å²) in [7, 11) is 0. The molecule has 6 heteroatoms. The van der Waals surface area contributed by atoms with Crippen LogP contribution in [0.3, 0.4) is 0 Å². The van der Waals surface area contributed by atoms with Crippen molar-refractivity contribution in [2.24, 2.45) is 5.92 Å². The van der Waals surface area contributed by atoms with Gasteiger partial charge in [0.1, 0.15) is 0 Å². The first kappa shape index (κ1) is 17.5. The molecule has 0 radical (unpaired) electrons. The van der Waals surface area contributed by atoms with Crippen molar-refractivity contribution in [1.82, 2.24) is 5.32 Å². The molecule has 0 aromatic heterocycles. The van der Waals surface area contributed by atoms with E-state index < -0.39 is 18.0 Å². The van der Waals surface area contributed by atoms with E-state index in [1.165, 1.54) is 0 Å². The number of hydrogen-bond donors (Lipinski definition) is 1. The third-order valence-corrected chi connectivity index (χ3v) is 4.91. The molecule has 3 rings (SSSR count). The molecule has 0 unspecified atom stereocenters. The molecule has 0 spiro atoms. The van der Waals surface area contributed by atoms with Crippen molar-refractivity contribution in [1.29, 1.82) is 0 Å². The molecule has 1 aromatic rings. The number of rotatable bonds is 5. The number of amides is 2. The normalized spacial score (nSPS) is 21.2. The van der Waals surface area contributed by atoms with Crippen LogP contribution in [0.15, 0.2) is 18.2 Å². The summed E-state index contributed by atoms with van der Waals surface area (Å²) in [4.78, 5) is 38.3. The molecule has 0 bridgehead atoms. The summed E-state index contributed by atoms with van der Waals surface area (Å²) < 4.78 is 5.28. The number of carbonyl (C=O) groups excluding carboxylic acids is 3. The Balaban J connectivity index is 1.62. The van der Waals surface area contributed by atoms with E-state index in [4.69, 9.17) is 4.74 Å². The number of aryl methyl sites for hydroxylation is 1. The Bertz CT molecular complexity index is 711. The first-order valence-electron chi connectivity index (χ1n) is 8.74. The van der Waals surface area contributed by atoms with Crippen LogP contribution in [0.2, 0.25) is 0 Å². The van der Waals surface area contributed by atoms with Gasteiger partial charge in [-0.15, -0.1) is 0 Å². The Morgan fingerprint density at radius 3 is 2.68 bits per heavy atom. The maximum Gasteiger partial charge on any atom is 0.312 e. The molecular weight excluding hydrogens is 320 g/mol. The van der Waals surface area contributed by atoms with E-state index in [9.17, 15) is 14.4 Å². The summed E-state index contributed by atoms with van der Waals surface area (Å²) in [6, 6.07) is 6.01. The van der Waals surface area contributed by atoms with Gasteiger partial charge in [0.25, 0.3) is 5.91 Å². The molecule has 1 saturated heterocycles. The van der Waals surface area contributed by atoms with Gasteiger partial charge in [-0.2, -0.15) is 0 Å². The van der Waals surface area contributed by atoms with Crippen molar-refractivity contribution in [2.45, 2.75) is 52.2 Å². The summed E-state index contributed by atoms with van der Waals surface area (Å²) in [6.07, 6.45) is 1.24. The Morgan fingerprint density at radius 1 is 1.28 bits per heavy atom. The molecule has 6 nitrogen and oxygen atoms in total. The lowest BCUT2D eigenvalue weighted by Crippen LogP contribution is -2.38. The van der Waals surface area contributed by atoms with E-state index in [-0.39, 0.29) is 24.3 Å². The fourth-order valence-corrected chi connectivity index (χ4v) is 3.00. The minimum atomic E-state index is -0.835. The van der Waals surface area contributed by atoms with E-state index in [1.54, 1.807) is 11.8 Å². The number of nitrogens with one attached hydrogen (secondary N) is 1. The van der Waals surface area contributed by atoms with Gasteiger partial charge in [0.2, 0.25) is 5.91 Å². The lowest BCUT2D eigenvalue weighted by molar-refractivity contribution is -0.158. The molecule has 1 aromatic carbocycles. The minimum Gasteiger partial charge on any atom is -0.452 e. The molecule has 25 heavy (non-hydrogen) atoms. The Labute approximate surface area is 147 Å². The van der Waals surface area contributed by atoms with E-state index >= 15 is 0 Å². The highest BCUT2D eigenvalue weighted by Crippen LogP contribution is 2.30. The maximum absolute atomic E-state index is 12.4. The number of esters is 1. The summed E-state index contributed by atoms with van der Waals surface area (Å²) in [5.41, 5.74) is 2.96. The largest absolute Gasteiger partial charge is 0.452 e. The Morgan fingerprint density at radius 2 is 2.00 bits per heavy atom. The Hall–Kier alpha value is -2.37. The quantitative estimate of drug-likeness (QED) is 0.828. The second-order valence-electron chi connectivity index (χ2n) is 6.99. The number of hydrogen-bond acceptors (Lipinski definition) is 4. The molecule has 2 aliphatic rings. The van der Waals surface area contributed by atoms with E-state index in [1.807, 2.05) is 32.0 Å². The number of benzene rings is 1. The lowest BCUT2D eigenvalue weighted by Gasteiger charge is -2.20. The Kier molecular flexibility index (Phi) is 4.79. The second kappa shape index (κ2) is 6.86. The van der Waals surface area contributed by atoms with Crippen molar-refractivity contribution in [3.8, 4) is 0 Å². The van der Waals surface area contributed by atoms with E-state index in [0.717, 1.165) is 29.7 Å². The molecule has 2 fully saturated rings. The van der Waals surface area contributed by atoms with Crippen LogP contribution in [0.1, 0.15) is 37.3 Å². The van der Waals surface area contributed by atoms with Crippen LogP contribution in [0, 0.1) is 19.8 Å². The van der Waals surface area contributed by atoms with Crippen LogP contribution >= 0.6 is 0 Å². The summed E-state index contributed by atoms with van der Waals surface area (Å²) in [5, 5.41) is 2.81. The second-order valence-corrected chi connectivity index (χ2v) is 6.99. The van der Waals surface area contributed by atoms with Crippen LogP contribution in [0.4, 0.5) is 5.69 Å². The number of carbonyl (C=O) groups is 3. The third kappa shape index (κ3) is 3.83. The first-order valence-corrected chi connectivity index (χ1v) is 8.74. The van der Waals surface area contributed by atoms with E-state index in [0.29, 0.717) is 6.54 Å². The molecule has 1 N–H and O–H groups in total. The zero-order valence-corrected chi connectivity index (χ0v) is 14.9. The van der Waals surface area contributed by atoms with Crippen LogP contribution in [-0.4, -0.2) is 36.5 Å². The molecule has 1 heterocycles. The summed E-state index contributed by atoms with van der Waals surface area (Å²) in [6.45, 7) is 5.81. The molecule has 1 saturated carbocycles. The molecular formula is C19H24N2O4. The van der Waals surface area contributed by atoms with E-state index in [2.05, 4.69) is 5.32 Å². The third-order valence-electron chi connectivity index (χ3n) is 4.91. The van der Waals surface area contributed by atoms with Crippen LogP contribution < -0.4 is 10.2 Å². The van der Waals surface area contributed by atoms with Gasteiger partial charge in [-0.1, -0.05) is 12.1 Å². The highest BCUT2D eigenvalue weighted by atomic mass is 16.5. The van der Waals surface area contributed by atoms with Gasteiger partial charge < -0.3 is 15.0 Å². The minimum absolute atomic E-state index is 0.0919. The molecule has 1 aliphatic carbocycles. The fourth-order valence-electron chi connectivity index (χ4n) is 3.00. The molecule has 2 atom stereocenters.